The van der Waals surface area contributed by atoms with E-state index in [9.17, 15) is 22.8 Å². The molecule has 1 N–H and O–H groups in total. The summed E-state index contributed by atoms with van der Waals surface area (Å²) < 4.78 is 40.8. The zero-order valence-electron chi connectivity index (χ0n) is 16.7. The molecule has 166 valence electrons. The van der Waals surface area contributed by atoms with Crippen LogP contribution < -0.4 is 10.9 Å². The Balaban J connectivity index is 1.60. The van der Waals surface area contributed by atoms with Gasteiger partial charge in [0, 0.05) is 18.7 Å². The number of fused-ring (bicyclic) bond motifs is 1. The normalized spacial score (nSPS) is 13.1. The Morgan fingerprint density at radius 1 is 1.16 bits per heavy atom. The highest BCUT2D eigenvalue weighted by Gasteiger charge is 2.31. The largest absolute Gasteiger partial charge is 0.416 e. The molecule has 0 saturated carbocycles. The summed E-state index contributed by atoms with van der Waals surface area (Å²) in [5.41, 5.74) is 0.366. The number of aryl methyl sites for hydroxylation is 1. The fourth-order valence-corrected chi connectivity index (χ4v) is 5.10. The van der Waals surface area contributed by atoms with Gasteiger partial charge in [-0.25, -0.2) is 4.98 Å². The smallest absolute Gasteiger partial charge is 0.351 e. The molecule has 1 aromatic heterocycles. The van der Waals surface area contributed by atoms with Gasteiger partial charge in [-0.15, -0.1) is 11.8 Å². The molecule has 4 rings (SSSR count). The minimum Gasteiger partial charge on any atom is -0.351 e. The number of hydrogen-bond donors (Lipinski definition) is 1. The van der Waals surface area contributed by atoms with Crippen molar-refractivity contribution in [3.63, 3.8) is 0 Å². The lowest BCUT2D eigenvalue weighted by Crippen LogP contribution is -2.27. The summed E-state index contributed by atoms with van der Waals surface area (Å²) in [7, 11) is 0. The van der Waals surface area contributed by atoms with E-state index < -0.39 is 17.3 Å². The predicted octanol–water partition coefficient (Wildman–Crippen LogP) is 4.31. The number of halogens is 3. The third-order valence-corrected chi connectivity index (χ3v) is 6.81. The lowest BCUT2D eigenvalue weighted by Gasteiger charge is -2.15. The average molecular weight is 478 g/mol. The van der Waals surface area contributed by atoms with Crippen molar-refractivity contribution in [3.05, 3.63) is 81.8 Å². The molecule has 0 radical (unpaired) electrons. The van der Waals surface area contributed by atoms with Crippen LogP contribution in [-0.2, 0) is 23.9 Å². The van der Waals surface area contributed by atoms with Crippen molar-refractivity contribution >= 4 is 29.4 Å². The van der Waals surface area contributed by atoms with E-state index >= 15 is 0 Å². The molecule has 3 aromatic rings. The van der Waals surface area contributed by atoms with E-state index in [1.54, 1.807) is 0 Å². The van der Waals surface area contributed by atoms with Crippen molar-refractivity contribution in [1.29, 1.82) is 0 Å². The van der Waals surface area contributed by atoms with Crippen LogP contribution >= 0.6 is 23.5 Å². The van der Waals surface area contributed by atoms with E-state index in [2.05, 4.69) is 10.3 Å². The molecule has 2 aromatic carbocycles. The predicted molar refractivity (Wildman–Crippen MR) is 118 cm³/mol. The minimum atomic E-state index is -4.54. The molecule has 5 nitrogen and oxygen atoms in total. The Bertz CT molecular complexity index is 1200. The van der Waals surface area contributed by atoms with E-state index in [4.69, 9.17) is 0 Å². The standard InChI is InChI=1S/C22H18F3N3O2S2/c23-22(24,25)15-7-4-8-16(11-15)28-20(30)19-17(9-10-31-19)27-21(28)32-13-18(29)26-12-14-5-2-1-3-6-14/h1-8,11H,9-10,12-13H2,(H,26,29). The molecule has 32 heavy (non-hydrogen) atoms. The van der Waals surface area contributed by atoms with Gasteiger partial charge in [-0.2, -0.15) is 13.2 Å². The van der Waals surface area contributed by atoms with Gasteiger partial charge in [0.25, 0.3) is 5.56 Å². The number of aromatic nitrogens is 2. The van der Waals surface area contributed by atoms with Gasteiger partial charge in [0.05, 0.1) is 27.6 Å². The van der Waals surface area contributed by atoms with E-state index in [1.807, 2.05) is 30.3 Å². The number of nitrogens with zero attached hydrogens (tertiary/aromatic N) is 2. The maximum absolute atomic E-state index is 13.2. The minimum absolute atomic E-state index is 0.0236. The van der Waals surface area contributed by atoms with Crippen LogP contribution in [0.1, 0.15) is 16.8 Å². The molecule has 0 spiro atoms. The molecular weight excluding hydrogens is 459 g/mol. The van der Waals surface area contributed by atoms with Crippen molar-refractivity contribution < 1.29 is 18.0 Å². The highest BCUT2D eigenvalue weighted by molar-refractivity contribution is 8.00. The van der Waals surface area contributed by atoms with Gasteiger partial charge in [0.1, 0.15) is 0 Å². The van der Waals surface area contributed by atoms with Crippen LogP contribution in [0.2, 0.25) is 0 Å². The zero-order chi connectivity index (χ0) is 22.7. The molecule has 0 aliphatic carbocycles. The second-order valence-electron chi connectivity index (χ2n) is 7.01. The lowest BCUT2D eigenvalue weighted by atomic mass is 10.2. The van der Waals surface area contributed by atoms with Crippen molar-refractivity contribution in [2.75, 3.05) is 11.5 Å². The average Bonchev–Trinajstić information content (AvgIpc) is 3.25. The van der Waals surface area contributed by atoms with E-state index in [0.29, 0.717) is 29.3 Å². The molecule has 1 amide bonds. The Kier molecular flexibility index (Phi) is 6.61. The third kappa shape index (κ3) is 5.02. The Labute approximate surface area is 190 Å². The molecule has 2 heterocycles. The Hall–Kier alpha value is -2.72. The van der Waals surface area contributed by atoms with Crippen LogP contribution in [-0.4, -0.2) is 27.0 Å². The quantitative estimate of drug-likeness (QED) is 0.424. The van der Waals surface area contributed by atoms with E-state index in [-0.39, 0.29) is 22.5 Å². The second-order valence-corrected chi connectivity index (χ2v) is 9.06. The number of alkyl halides is 3. The highest BCUT2D eigenvalue weighted by Crippen LogP contribution is 2.33. The number of thioether (sulfide) groups is 2. The van der Waals surface area contributed by atoms with Gasteiger partial charge < -0.3 is 5.32 Å². The number of carbonyl (C=O) groups excluding carboxylic acids is 1. The number of rotatable bonds is 6. The van der Waals surface area contributed by atoms with E-state index in [0.717, 1.165) is 29.5 Å². The van der Waals surface area contributed by atoms with Crippen molar-refractivity contribution in [2.45, 2.75) is 29.2 Å². The summed E-state index contributed by atoms with van der Waals surface area (Å²) in [4.78, 5) is 30.4. The molecule has 1 aliphatic heterocycles. The van der Waals surface area contributed by atoms with Crippen molar-refractivity contribution in [3.8, 4) is 5.69 Å². The van der Waals surface area contributed by atoms with Crippen LogP contribution in [0.5, 0.6) is 0 Å². The van der Waals surface area contributed by atoms with Gasteiger partial charge >= 0.3 is 6.18 Å². The highest BCUT2D eigenvalue weighted by atomic mass is 32.2. The first-order valence-electron chi connectivity index (χ1n) is 9.73. The number of nitrogens with one attached hydrogen (secondary N) is 1. The maximum atomic E-state index is 13.2. The number of carbonyl (C=O) groups is 1. The second kappa shape index (κ2) is 9.41. The molecule has 0 bridgehead atoms. The van der Waals surface area contributed by atoms with Crippen molar-refractivity contribution in [1.82, 2.24) is 14.9 Å². The first-order chi connectivity index (χ1) is 15.3. The molecular formula is C22H18F3N3O2S2. The van der Waals surface area contributed by atoms with Gasteiger partial charge in [0.2, 0.25) is 5.91 Å². The summed E-state index contributed by atoms with van der Waals surface area (Å²) in [6.45, 7) is 0.356. The number of benzene rings is 2. The van der Waals surface area contributed by atoms with Crippen LogP contribution in [0.3, 0.4) is 0 Å². The molecule has 10 heteroatoms. The Morgan fingerprint density at radius 3 is 2.69 bits per heavy atom. The fourth-order valence-electron chi connectivity index (χ4n) is 3.22. The first-order valence-corrected chi connectivity index (χ1v) is 11.7. The van der Waals surface area contributed by atoms with E-state index in [1.165, 1.54) is 28.5 Å². The van der Waals surface area contributed by atoms with Crippen molar-refractivity contribution in [2.24, 2.45) is 0 Å². The third-order valence-electron chi connectivity index (χ3n) is 4.76. The van der Waals surface area contributed by atoms with Crippen LogP contribution in [0.15, 0.2) is 69.4 Å². The molecule has 0 unspecified atom stereocenters. The summed E-state index contributed by atoms with van der Waals surface area (Å²) in [5.74, 6) is 0.397. The van der Waals surface area contributed by atoms with Gasteiger partial charge in [-0.05, 0) is 23.8 Å². The number of amides is 1. The summed E-state index contributed by atoms with van der Waals surface area (Å²) in [5, 5.41) is 3.00. The molecule has 1 aliphatic rings. The molecule has 0 fully saturated rings. The van der Waals surface area contributed by atoms with Crippen LogP contribution in [0.25, 0.3) is 5.69 Å². The van der Waals surface area contributed by atoms with Gasteiger partial charge in [0.15, 0.2) is 5.16 Å². The Morgan fingerprint density at radius 2 is 1.94 bits per heavy atom. The van der Waals surface area contributed by atoms with Crippen LogP contribution in [0.4, 0.5) is 13.2 Å². The zero-order valence-corrected chi connectivity index (χ0v) is 18.3. The molecule has 0 atom stereocenters. The van der Waals surface area contributed by atoms with Gasteiger partial charge in [-0.3, -0.25) is 14.2 Å². The lowest BCUT2D eigenvalue weighted by molar-refractivity contribution is -0.137. The molecule has 0 saturated heterocycles. The fraction of sp³-hybridized carbons (Fsp3) is 0.227. The summed E-state index contributed by atoms with van der Waals surface area (Å²) in [6.07, 6.45) is -3.93. The van der Waals surface area contributed by atoms with Crippen LogP contribution in [0, 0.1) is 0 Å². The monoisotopic (exact) mass is 477 g/mol. The first kappa shape index (κ1) is 22.5. The summed E-state index contributed by atoms with van der Waals surface area (Å²) in [6, 6.07) is 14.0. The summed E-state index contributed by atoms with van der Waals surface area (Å²) >= 11 is 2.37. The SMILES string of the molecule is O=C(CSc1nc2c(c(=O)n1-c1cccc(C(F)(F)F)c1)SCC2)NCc1ccccc1. The van der Waals surface area contributed by atoms with Gasteiger partial charge in [-0.1, -0.05) is 48.2 Å². The topological polar surface area (TPSA) is 64.0 Å². The number of hydrogen-bond acceptors (Lipinski definition) is 5. The maximum Gasteiger partial charge on any atom is 0.416 e.